The standard InChI is InChI=1S/C12H18N2O3/c1-4-14(9-8-12(15)17-3)10-6-5-7-11(13-10)16-2/h5-7H,4,8-9H2,1-3H3. The zero-order valence-electron chi connectivity index (χ0n) is 10.5. The smallest absolute Gasteiger partial charge is 0.307 e. The van der Waals surface area contributed by atoms with E-state index in [1.54, 1.807) is 13.2 Å². The topological polar surface area (TPSA) is 51.7 Å². The number of hydrogen-bond acceptors (Lipinski definition) is 5. The van der Waals surface area contributed by atoms with Crippen molar-refractivity contribution >= 4 is 11.8 Å². The summed E-state index contributed by atoms with van der Waals surface area (Å²) in [6, 6.07) is 5.56. The van der Waals surface area contributed by atoms with Crippen LogP contribution in [0.25, 0.3) is 0 Å². The molecule has 1 aromatic heterocycles. The van der Waals surface area contributed by atoms with Crippen LogP contribution in [0.5, 0.6) is 5.88 Å². The van der Waals surface area contributed by atoms with Gasteiger partial charge < -0.3 is 14.4 Å². The van der Waals surface area contributed by atoms with Gasteiger partial charge in [0.2, 0.25) is 5.88 Å². The van der Waals surface area contributed by atoms with Crippen molar-refractivity contribution in [2.75, 3.05) is 32.2 Å². The number of anilines is 1. The van der Waals surface area contributed by atoms with Crippen LogP contribution >= 0.6 is 0 Å². The van der Waals surface area contributed by atoms with Crippen molar-refractivity contribution < 1.29 is 14.3 Å². The summed E-state index contributed by atoms with van der Waals surface area (Å²) in [4.78, 5) is 17.4. The predicted octanol–water partition coefficient (Wildman–Crippen LogP) is 1.48. The van der Waals surface area contributed by atoms with Crippen LogP contribution in [0.2, 0.25) is 0 Å². The molecule has 1 heterocycles. The van der Waals surface area contributed by atoms with Gasteiger partial charge in [-0.3, -0.25) is 4.79 Å². The van der Waals surface area contributed by atoms with E-state index in [-0.39, 0.29) is 5.97 Å². The lowest BCUT2D eigenvalue weighted by molar-refractivity contribution is -0.140. The third-order valence-corrected chi connectivity index (χ3v) is 2.44. The van der Waals surface area contributed by atoms with Gasteiger partial charge in [-0.25, -0.2) is 0 Å². The molecule has 5 nitrogen and oxygen atoms in total. The highest BCUT2D eigenvalue weighted by atomic mass is 16.5. The number of hydrogen-bond donors (Lipinski definition) is 0. The SMILES string of the molecule is CCN(CCC(=O)OC)c1cccc(OC)n1. The molecule has 0 radical (unpaired) electrons. The number of nitrogens with zero attached hydrogens (tertiary/aromatic N) is 2. The van der Waals surface area contributed by atoms with E-state index in [4.69, 9.17) is 4.74 Å². The first-order chi connectivity index (χ1) is 8.21. The first-order valence-electron chi connectivity index (χ1n) is 5.54. The minimum absolute atomic E-state index is 0.216. The Labute approximate surface area is 101 Å². The number of carbonyl (C=O) groups is 1. The summed E-state index contributed by atoms with van der Waals surface area (Å²) in [7, 11) is 2.97. The Kier molecular flexibility index (Phi) is 5.26. The van der Waals surface area contributed by atoms with E-state index in [0.717, 1.165) is 12.4 Å². The summed E-state index contributed by atoms with van der Waals surface area (Å²) in [6.07, 6.45) is 0.350. The van der Waals surface area contributed by atoms with Gasteiger partial charge >= 0.3 is 5.97 Å². The molecule has 0 unspecified atom stereocenters. The first-order valence-corrected chi connectivity index (χ1v) is 5.54. The highest BCUT2D eigenvalue weighted by Crippen LogP contribution is 2.15. The predicted molar refractivity (Wildman–Crippen MR) is 65.3 cm³/mol. The number of rotatable bonds is 6. The molecule has 0 aliphatic carbocycles. The second-order valence-corrected chi connectivity index (χ2v) is 3.44. The molecule has 0 fully saturated rings. The molecule has 0 aliphatic rings. The molecule has 0 aliphatic heterocycles. The second-order valence-electron chi connectivity index (χ2n) is 3.44. The van der Waals surface area contributed by atoms with Crippen LogP contribution in [0, 0.1) is 0 Å². The average molecular weight is 238 g/mol. The van der Waals surface area contributed by atoms with Gasteiger partial charge in [0.1, 0.15) is 5.82 Å². The Morgan fingerprint density at radius 2 is 2.18 bits per heavy atom. The fraction of sp³-hybridized carbons (Fsp3) is 0.500. The van der Waals surface area contributed by atoms with Gasteiger partial charge in [-0.05, 0) is 13.0 Å². The monoisotopic (exact) mass is 238 g/mol. The number of aromatic nitrogens is 1. The van der Waals surface area contributed by atoms with Gasteiger partial charge in [-0.2, -0.15) is 4.98 Å². The summed E-state index contributed by atoms with van der Waals surface area (Å²) in [5.74, 6) is 1.15. The lowest BCUT2D eigenvalue weighted by Crippen LogP contribution is -2.27. The molecular weight excluding hydrogens is 220 g/mol. The van der Waals surface area contributed by atoms with E-state index in [0.29, 0.717) is 18.8 Å². The van der Waals surface area contributed by atoms with E-state index >= 15 is 0 Å². The Hall–Kier alpha value is -1.78. The molecule has 0 saturated heterocycles. The molecule has 1 rings (SSSR count). The quantitative estimate of drug-likeness (QED) is 0.703. The molecule has 0 spiro atoms. The van der Waals surface area contributed by atoms with Gasteiger partial charge in [0.05, 0.1) is 20.6 Å². The highest BCUT2D eigenvalue weighted by Gasteiger charge is 2.09. The summed E-state index contributed by atoms with van der Waals surface area (Å²) < 4.78 is 9.68. The second kappa shape index (κ2) is 6.73. The fourth-order valence-electron chi connectivity index (χ4n) is 1.46. The number of pyridine rings is 1. The molecule has 0 atom stereocenters. The summed E-state index contributed by atoms with van der Waals surface area (Å²) in [5, 5.41) is 0. The lowest BCUT2D eigenvalue weighted by Gasteiger charge is -2.21. The van der Waals surface area contributed by atoms with Crippen molar-refractivity contribution in [2.24, 2.45) is 0 Å². The van der Waals surface area contributed by atoms with Crippen LogP contribution in [-0.4, -0.2) is 38.3 Å². The van der Waals surface area contributed by atoms with Gasteiger partial charge in [0, 0.05) is 19.2 Å². The zero-order chi connectivity index (χ0) is 12.7. The van der Waals surface area contributed by atoms with Crippen molar-refractivity contribution in [1.29, 1.82) is 0 Å². The van der Waals surface area contributed by atoms with Crippen LogP contribution in [0.4, 0.5) is 5.82 Å². The van der Waals surface area contributed by atoms with Crippen LogP contribution in [0.3, 0.4) is 0 Å². The Morgan fingerprint density at radius 1 is 1.41 bits per heavy atom. The molecule has 0 N–H and O–H groups in total. The summed E-state index contributed by atoms with van der Waals surface area (Å²) in [6.45, 7) is 3.37. The van der Waals surface area contributed by atoms with Crippen LogP contribution in [-0.2, 0) is 9.53 Å². The summed E-state index contributed by atoms with van der Waals surface area (Å²) in [5.41, 5.74) is 0. The number of ether oxygens (including phenoxy) is 2. The number of esters is 1. The normalized spacial score (nSPS) is 9.82. The molecule has 0 amide bonds. The van der Waals surface area contributed by atoms with Crippen molar-refractivity contribution in [2.45, 2.75) is 13.3 Å². The number of carbonyl (C=O) groups excluding carboxylic acids is 1. The molecule has 0 aromatic carbocycles. The van der Waals surface area contributed by atoms with Crippen molar-refractivity contribution in [3.8, 4) is 5.88 Å². The molecular formula is C12H18N2O3. The maximum atomic E-state index is 11.1. The molecule has 0 saturated carbocycles. The first kappa shape index (κ1) is 13.3. The largest absolute Gasteiger partial charge is 0.481 e. The van der Waals surface area contributed by atoms with Gasteiger partial charge in [0.25, 0.3) is 0 Å². The molecule has 17 heavy (non-hydrogen) atoms. The van der Waals surface area contributed by atoms with E-state index in [9.17, 15) is 4.79 Å². The lowest BCUT2D eigenvalue weighted by atomic mass is 10.3. The number of methoxy groups -OCH3 is 2. The van der Waals surface area contributed by atoms with Crippen LogP contribution < -0.4 is 9.64 Å². The van der Waals surface area contributed by atoms with Crippen molar-refractivity contribution in [3.63, 3.8) is 0 Å². The minimum atomic E-state index is -0.216. The highest BCUT2D eigenvalue weighted by molar-refractivity contribution is 5.69. The van der Waals surface area contributed by atoms with E-state index in [1.165, 1.54) is 7.11 Å². The molecule has 94 valence electrons. The maximum Gasteiger partial charge on any atom is 0.307 e. The van der Waals surface area contributed by atoms with Crippen molar-refractivity contribution in [3.05, 3.63) is 18.2 Å². The van der Waals surface area contributed by atoms with Crippen LogP contribution in [0.15, 0.2) is 18.2 Å². The third-order valence-electron chi connectivity index (χ3n) is 2.44. The Morgan fingerprint density at radius 3 is 2.76 bits per heavy atom. The fourth-order valence-corrected chi connectivity index (χ4v) is 1.46. The van der Waals surface area contributed by atoms with Crippen molar-refractivity contribution in [1.82, 2.24) is 4.98 Å². The molecule has 5 heteroatoms. The van der Waals surface area contributed by atoms with E-state index in [2.05, 4.69) is 9.72 Å². The minimum Gasteiger partial charge on any atom is -0.481 e. The van der Waals surface area contributed by atoms with Gasteiger partial charge in [-0.1, -0.05) is 6.07 Å². The third kappa shape index (κ3) is 3.94. The Balaban J connectivity index is 2.68. The molecule has 1 aromatic rings. The van der Waals surface area contributed by atoms with Crippen LogP contribution in [0.1, 0.15) is 13.3 Å². The van der Waals surface area contributed by atoms with E-state index < -0.39 is 0 Å². The maximum absolute atomic E-state index is 11.1. The average Bonchev–Trinajstić information content (AvgIpc) is 2.39. The molecule has 0 bridgehead atoms. The van der Waals surface area contributed by atoms with E-state index in [1.807, 2.05) is 24.0 Å². The zero-order valence-corrected chi connectivity index (χ0v) is 10.5. The van der Waals surface area contributed by atoms with Gasteiger partial charge in [-0.15, -0.1) is 0 Å². The Bertz CT molecular complexity index is 369. The summed E-state index contributed by atoms with van der Waals surface area (Å²) >= 11 is 0. The van der Waals surface area contributed by atoms with Gasteiger partial charge in [0.15, 0.2) is 0 Å².